The molecule has 0 radical (unpaired) electrons. The summed E-state index contributed by atoms with van der Waals surface area (Å²) in [4.78, 5) is 2.15. The van der Waals surface area contributed by atoms with Crippen LogP contribution in [0.5, 0.6) is 0 Å². The van der Waals surface area contributed by atoms with Crippen molar-refractivity contribution in [3.05, 3.63) is 36.5 Å². The highest BCUT2D eigenvalue weighted by molar-refractivity contribution is 7.99. The van der Waals surface area contributed by atoms with E-state index in [4.69, 9.17) is 0 Å². The molecular weight excluding hydrogens is 613 g/mol. The van der Waals surface area contributed by atoms with Crippen LogP contribution in [0.1, 0.15) is 181 Å². The van der Waals surface area contributed by atoms with Crippen LogP contribution in [-0.4, -0.2) is 64.7 Å². The van der Waals surface area contributed by atoms with Crippen LogP contribution in [-0.2, 0) is 11.4 Å². The molecule has 5 heteroatoms. The maximum absolute atomic E-state index is 13.0. The van der Waals surface area contributed by atoms with Crippen molar-refractivity contribution in [1.29, 1.82) is 0 Å². The summed E-state index contributed by atoms with van der Waals surface area (Å²) in [5.74, 6) is 3.12. The molecule has 278 valence electrons. The molecule has 0 aliphatic carbocycles. The van der Waals surface area contributed by atoms with Crippen molar-refractivity contribution in [1.82, 2.24) is 9.21 Å². The van der Waals surface area contributed by atoms with Crippen LogP contribution in [0.25, 0.3) is 0 Å². The highest BCUT2D eigenvalue weighted by Crippen LogP contribution is 2.15. The Kier molecular flexibility index (Phi) is 40.1. The van der Waals surface area contributed by atoms with Gasteiger partial charge in [-0.1, -0.05) is 147 Å². The van der Waals surface area contributed by atoms with E-state index in [1.54, 1.807) is 0 Å². The topological polar surface area (TPSA) is 29.5 Å². The van der Waals surface area contributed by atoms with E-state index in [0.717, 1.165) is 37.6 Å². The monoisotopic (exact) mass is 695 g/mol. The minimum Gasteiger partial charge on any atom is -0.598 e. The zero-order chi connectivity index (χ0) is 34.3. The maximum atomic E-state index is 13.0. The fraction of sp³-hybridized carbons (Fsp3) is 0.857. The Morgan fingerprint density at radius 2 is 0.894 bits per heavy atom. The Bertz CT molecular complexity index is 682. The first kappa shape index (κ1) is 46.8. The molecule has 0 aromatic heterocycles. The lowest BCUT2D eigenvalue weighted by atomic mass is 10.1. The van der Waals surface area contributed by atoms with Crippen molar-refractivity contribution in [2.45, 2.75) is 181 Å². The van der Waals surface area contributed by atoms with Crippen LogP contribution < -0.4 is 0 Å². The number of unbranched alkanes of at least 4 members (excludes halogenated alkanes) is 21. The average molecular weight is 695 g/mol. The van der Waals surface area contributed by atoms with Crippen LogP contribution in [0.4, 0.5) is 0 Å². The Labute approximate surface area is 304 Å². The highest BCUT2D eigenvalue weighted by atomic mass is 32.2. The molecule has 0 aromatic rings. The number of nitrogens with zero attached hydrogens (tertiary/aromatic N) is 2. The number of hydrogen-bond donors (Lipinski definition) is 0. The number of hydrogen-bond acceptors (Lipinski definition) is 4. The van der Waals surface area contributed by atoms with E-state index in [-0.39, 0.29) is 0 Å². The average Bonchev–Trinajstić information content (AvgIpc) is 3.07. The maximum Gasteiger partial charge on any atom is 0.138 e. The fourth-order valence-corrected chi connectivity index (χ4v) is 8.19. The first-order valence-corrected chi connectivity index (χ1v) is 22.9. The largest absolute Gasteiger partial charge is 0.598 e. The van der Waals surface area contributed by atoms with Crippen molar-refractivity contribution in [3.8, 4) is 0 Å². The highest BCUT2D eigenvalue weighted by Gasteiger charge is 2.19. The summed E-state index contributed by atoms with van der Waals surface area (Å²) in [5.41, 5.74) is 0. The molecular formula is C42H82N2OS2. The molecule has 0 saturated heterocycles. The van der Waals surface area contributed by atoms with Crippen molar-refractivity contribution >= 4 is 23.1 Å². The Morgan fingerprint density at radius 3 is 1.43 bits per heavy atom. The molecule has 0 rings (SSSR count). The molecule has 0 bridgehead atoms. The zero-order valence-electron chi connectivity index (χ0n) is 32.2. The van der Waals surface area contributed by atoms with Crippen LogP contribution in [0.15, 0.2) is 36.5 Å². The Hall–Kier alpha value is -0.200. The summed E-state index contributed by atoms with van der Waals surface area (Å²) in [5, 5.41) is 0. The van der Waals surface area contributed by atoms with Crippen LogP contribution >= 0.6 is 11.8 Å². The van der Waals surface area contributed by atoms with Gasteiger partial charge in [-0.2, -0.15) is 11.8 Å². The van der Waals surface area contributed by atoms with Crippen molar-refractivity contribution in [2.24, 2.45) is 0 Å². The van der Waals surface area contributed by atoms with Crippen LogP contribution in [0, 0.1) is 0 Å². The van der Waals surface area contributed by atoms with Gasteiger partial charge in [0.15, 0.2) is 0 Å². The second-order valence-corrected chi connectivity index (χ2v) is 16.7. The van der Waals surface area contributed by atoms with Gasteiger partial charge in [0, 0.05) is 30.2 Å². The minimum atomic E-state index is -0.855. The Morgan fingerprint density at radius 1 is 0.468 bits per heavy atom. The van der Waals surface area contributed by atoms with Crippen molar-refractivity contribution in [3.63, 3.8) is 0 Å². The molecule has 1 atom stereocenters. The molecule has 47 heavy (non-hydrogen) atoms. The van der Waals surface area contributed by atoms with E-state index in [2.05, 4.69) is 85.4 Å². The van der Waals surface area contributed by atoms with Gasteiger partial charge in [0.2, 0.25) is 0 Å². The molecule has 3 nitrogen and oxygen atoms in total. The zero-order valence-corrected chi connectivity index (χ0v) is 33.8. The van der Waals surface area contributed by atoms with E-state index in [1.165, 1.54) is 166 Å². The second kappa shape index (κ2) is 40.2. The van der Waals surface area contributed by atoms with E-state index in [1.807, 2.05) is 0 Å². The van der Waals surface area contributed by atoms with Gasteiger partial charge in [0.25, 0.3) is 0 Å². The normalized spacial score (nSPS) is 13.1. The van der Waals surface area contributed by atoms with Crippen LogP contribution in [0.2, 0.25) is 0 Å². The van der Waals surface area contributed by atoms with Gasteiger partial charge >= 0.3 is 0 Å². The molecule has 0 aromatic carbocycles. The van der Waals surface area contributed by atoms with E-state index >= 15 is 0 Å². The lowest BCUT2D eigenvalue weighted by Gasteiger charge is -2.25. The fourth-order valence-electron chi connectivity index (χ4n) is 5.70. The van der Waals surface area contributed by atoms with E-state index in [0.29, 0.717) is 0 Å². The number of rotatable bonds is 38. The van der Waals surface area contributed by atoms with Gasteiger partial charge in [-0.3, -0.25) is 0 Å². The third kappa shape index (κ3) is 38.5. The molecule has 0 fully saturated rings. The van der Waals surface area contributed by atoms with Crippen molar-refractivity contribution < 1.29 is 4.55 Å². The number of thioether (sulfide) groups is 1. The molecule has 0 N–H and O–H groups in total. The second-order valence-electron chi connectivity index (χ2n) is 13.9. The smallest absolute Gasteiger partial charge is 0.138 e. The molecule has 0 amide bonds. The first-order valence-electron chi connectivity index (χ1n) is 20.4. The molecule has 0 spiro atoms. The molecule has 0 saturated carbocycles. The summed E-state index contributed by atoms with van der Waals surface area (Å²) < 4.78 is 15.3. The lowest BCUT2D eigenvalue weighted by molar-refractivity contribution is 0.396. The lowest BCUT2D eigenvalue weighted by Crippen LogP contribution is -2.38. The standard InChI is InChI=1S/C42H82N2OS2/c1-5-7-9-11-13-15-17-19-21-23-25-27-29-31-33-35-37-44(47(45)42-39-43(3)4)38-41-46-40-36-34-32-30-28-26-24-22-20-18-16-14-12-10-8-6-2/h13,15,19-22H,5-12,14,16-18,23-42H2,1-4H3/b15-13-,21-19-,22-20-. The van der Waals surface area contributed by atoms with Gasteiger partial charge in [-0.15, -0.1) is 4.31 Å². The molecule has 1 unspecified atom stereocenters. The summed E-state index contributed by atoms with van der Waals surface area (Å²) in [6, 6.07) is 0. The SMILES string of the molecule is CCCCC/C=C\C/C=C\CCCCCCCCN(CCSCCCCCCCC/C=C\CCCCCCCC)[S+]([O-])CCN(C)C. The van der Waals surface area contributed by atoms with Crippen molar-refractivity contribution in [2.75, 3.05) is 51.0 Å². The molecule has 0 heterocycles. The summed E-state index contributed by atoms with van der Waals surface area (Å²) in [7, 11) is 4.16. The Balaban J connectivity index is 3.82. The van der Waals surface area contributed by atoms with E-state index < -0.39 is 11.4 Å². The van der Waals surface area contributed by atoms with Gasteiger partial charge in [-0.05, 0) is 90.5 Å². The van der Waals surface area contributed by atoms with Gasteiger partial charge in [0.05, 0.1) is 6.54 Å². The third-order valence-electron chi connectivity index (χ3n) is 8.89. The summed E-state index contributed by atoms with van der Waals surface area (Å²) in [6.45, 7) is 7.41. The summed E-state index contributed by atoms with van der Waals surface area (Å²) in [6.07, 6.45) is 48.7. The summed E-state index contributed by atoms with van der Waals surface area (Å²) >= 11 is 1.22. The van der Waals surface area contributed by atoms with Gasteiger partial charge < -0.3 is 9.45 Å². The van der Waals surface area contributed by atoms with Gasteiger partial charge in [-0.25, -0.2) is 0 Å². The molecule has 0 aliphatic rings. The third-order valence-corrected chi connectivity index (χ3v) is 11.4. The quantitative estimate of drug-likeness (QED) is 0.0365. The first-order chi connectivity index (χ1) is 23.1. The predicted octanol–water partition coefficient (Wildman–Crippen LogP) is 13.1. The van der Waals surface area contributed by atoms with Gasteiger partial charge in [0.1, 0.15) is 5.75 Å². The minimum absolute atomic E-state index is 0.759. The van der Waals surface area contributed by atoms with Crippen LogP contribution in [0.3, 0.4) is 0 Å². The number of allylic oxidation sites excluding steroid dienone is 6. The molecule has 0 aliphatic heterocycles. The predicted molar refractivity (Wildman–Crippen MR) is 219 cm³/mol. The van der Waals surface area contributed by atoms with E-state index in [9.17, 15) is 4.55 Å².